The Kier molecular flexibility index (Phi) is 2.93. The Morgan fingerprint density at radius 2 is 1.71 bits per heavy atom. The Bertz CT molecular complexity index is 703. The van der Waals surface area contributed by atoms with Gasteiger partial charge in [-0.25, -0.2) is 4.39 Å². The second kappa shape index (κ2) is 4.81. The quantitative estimate of drug-likeness (QED) is 0.871. The fourth-order valence-electron chi connectivity index (χ4n) is 3.64. The molecule has 3 nitrogen and oxygen atoms in total. The van der Waals surface area contributed by atoms with E-state index in [0.29, 0.717) is 28.2 Å². The number of amides is 1. The molecule has 2 fully saturated rings. The molecule has 2 aromatic carbocycles. The molecule has 2 aliphatic heterocycles. The summed E-state index contributed by atoms with van der Waals surface area (Å²) in [6.45, 7) is 3.61. The van der Waals surface area contributed by atoms with Gasteiger partial charge in [-0.05, 0) is 29.4 Å². The topological polar surface area (TPSA) is 32.3 Å². The maximum Gasteiger partial charge on any atom is 0.254 e. The van der Waals surface area contributed by atoms with Crippen LogP contribution in [-0.4, -0.2) is 37.0 Å². The van der Waals surface area contributed by atoms with Crippen LogP contribution in [0.3, 0.4) is 0 Å². The number of nitrogens with zero attached hydrogens (tertiary/aromatic N) is 1. The second-order valence-corrected chi connectivity index (χ2v) is 6.03. The number of nitrogens with one attached hydrogen (secondary N) is 1. The first-order valence-corrected chi connectivity index (χ1v) is 7.41. The molecular weight excluding hydrogens is 267 g/mol. The van der Waals surface area contributed by atoms with Crippen molar-refractivity contribution in [2.24, 2.45) is 11.8 Å². The molecule has 2 heterocycles. The molecule has 0 saturated carbocycles. The number of hydrogen-bond donors (Lipinski definition) is 1. The highest BCUT2D eigenvalue weighted by atomic mass is 19.1. The predicted octanol–water partition coefficient (Wildman–Crippen LogP) is 2.27. The molecule has 4 heteroatoms. The van der Waals surface area contributed by atoms with Crippen LogP contribution >= 0.6 is 0 Å². The number of carbonyl (C=O) groups is 1. The maximum absolute atomic E-state index is 13.9. The van der Waals surface area contributed by atoms with Crippen molar-refractivity contribution in [3.05, 3.63) is 47.8 Å². The van der Waals surface area contributed by atoms with Crippen LogP contribution in [0.15, 0.2) is 36.4 Å². The molecule has 0 aromatic heterocycles. The minimum absolute atomic E-state index is 0.0283. The number of hydrogen-bond acceptors (Lipinski definition) is 2. The molecule has 2 aliphatic rings. The van der Waals surface area contributed by atoms with Crippen LogP contribution in [-0.2, 0) is 0 Å². The van der Waals surface area contributed by atoms with E-state index in [2.05, 4.69) is 5.32 Å². The predicted molar refractivity (Wildman–Crippen MR) is 79.7 cm³/mol. The minimum atomic E-state index is -0.273. The molecule has 2 atom stereocenters. The fourth-order valence-corrected chi connectivity index (χ4v) is 3.64. The minimum Gasteiger partial charge on any atom is -0.338 e. The number of halogens is 1. The third-order valence-corrected chi connectivity index (χ3v) is 4.78. The first-order chi connectivity index (χ1) is 10.2. The van der Waals surface area contributed by atoms with Gasteiger partial charge in [0.05, 0.1) is 0 Å². The lowest BCUT2D eigenvalue weighted by Crippen LogP contribution is -2.32. The van der Waals surface area contributed by atoms with Crippen LogP contribution in [0, 0.1) is 17.7 Å². The SMILES string of the molecule is O=C(c1ccc(F)c2ccccc12)N1CC2CNCC2C1. The molecule has 0 aliphatic carbocycles. The van der Waals surface area contributed by atoms with Crippen molar-refractivity contribution < 1.29 is 9.18 Å². The monoisotopic (exact) mass is 284 g/mol. The van der Waals surface area contributed by atoms with E-state index in [0.717, 1.165) is 26.2 Å². The van der Waals surface area contributed by atoms with Crippen LogP contribution in [0.5, 0.6) is 0 Å². The summed E-state index contributed by atoms with van der Waals surface area (Å²) in [6, 6.07) is 10.2. The molecule has 0 spiro atoms. The van der Waals surface area contributed by atoms with E-state index >= 15 is 0 Å². The zero-order chi connectivity index (χ0) is 14.4. The number of benzene rings is 2. The Balaban J connectivity index is 1.70. The Hall–Kier alpha value is -1.94. The second-order valence-electron chi connectivity index (χ2n) is 6.03. The maximum atomic E-state index is 13.9. The lowest BCUT2D eigenvalue weighted by atomic mass is 10.0. The van der Waals surface area contributed by atoms with Gasteiger partial charge < -0.3 is 10.2 Å². The number of fused-ring (bicyclic) bond motifs is 2. The third-order valence-electron chi connectivity index (χ3n) is 4.78. The number of rotatable bonds is 1. The Labute approximate surface area is 122 Å². The lowest BCUT2D eigenvalue weighted by molar-refractivity contribution is 0.0783. The highest BCUT2D eigenvalue weighted by Gasteiger charge is 2.38. The van der Waals surface area contributed by atoms with Crippen LogP contribution in [0.25, 0.3) is 10.8 Å². The summed E-state index contributed by atoms with van der Waals surface area (Å²) < 4.78 is 13.9. The molecule has 21 heavy (non-hydrogen) atoms. The lowest BCUT2D eigenvalue weighted by Gasteiger charge is -2.18. The van der Waals surface area contributed by atoms with Gasteiger partial charge in [0.25, 0.3) is 5.91 Å². The summed E-state index contributed by atoms with van der Waals surface area (Å²) in [5.74, 6) is 0.895. The standard InChI is InChI=1S/C17H17FN2O/c18-16-6-5-15(13-3-1-2-4-14(13)16)17(21)20-9-11-7-19-8-12(11)10-20/h1-6,11-12,19H,7-10H2. The molecule has 0 bridgehead atoms. The van der Waals surface area contributed by atoms with Crippen LogP contribution in [0.1, 0.15) is 10.4 Å². The van der Waals surface area contributed by atoms with Crippen molar-refractivity contribution in [1.29, 1.82) is 0 Å². The normalized spacial score (nSPS) is 24.5. The Morgan fingerprint density at radius 1 is 1.05 bits per heavy atom. The van der Waals surface area contributed by atoms with E-state index < -0.39 is 0 Å². The van der Waals surface area contributed by atoms with Crippen molar-refractivity contribution in [2.45, 2.75) is 0 Å². The molecule has 1 N–H and O–H groups in total. The third kappa shape index (κ3) is 2.02. The molecule has 2 saturated heterocycles. The van der Waals surface area contributed by atoms with E-state index in [1.807, 2.05) is 17.0 Å². The zero-order valence-corrected chi connectivity index (χ0v) is 11.7. The van der Waals surface area contributed by atoms with Crippen molar-refractivity contribution in [3.8, 4) is 0 Å². The van der Waals surface area contributed by atoms with Crippen molar-refractivity contribution in [2.75, 3.05) is 26.2 Å². The van der Waals surface area contributed by atoms with Gasteiger partial charge >= 0.3 is 0 Å². The number of likely N-dealkylation sites (tertiary alicyclic amines) is 1. The molecule has 1 amide bonds. The fraction of sp³-hybridized carbons (Fsp3) is 0.353. The van der Waals surface area contributed by atoms with E-state index in [9.17, 15) is 9.18 Å². The van der Waals surface area contributed by atoms with E-state index in [1.54, 1.807) is 18.2 Å². The van der Waals surface area contributed by atoms with Crippen molar-refractivity contribution in [3.63, 3.8) is 0 Å². The summed E-state index contributed by atoms with van der Waals surface area (Å²) >= 11 is 0. The van der Waals surface area contributed by atoms with Gasteiger partial charge in [0.2, 0.25) is 0 Å². The molecule has 2 unspecified atom stereocenters. The highest BCUT2D eigenvalue weighted by Crippen LogP contribution is 2.29. The van der Waals surface area contributed by atoms with Crippen LogP contribution in [0.2, 0.25) is 0 Å². The van der Waals surface area contributed by atoms with Crippen LogP contribution < -0.4 is 5.32 Å². The highest BCUT2D eigenvalue weighted by molar-refractivity contribution is 6.07. The van der Waals surface area contributed by atoms with Crippen LogP contribution in [0.4, 0.5) is 4.39 Å². The average molecular weight is 284 g/mol. The Morgan fingerprint density at radius 3 is 2.43 bits per heavy atom. The molecule has 0 radical (unpaired) electrons. The van der Waals surface area contributed by atoms with Gasteiger partial charge in [-0.2, -0.15) is 0 Å². The first kappa shape index (κ1) is 12.8. The van der Waals surface area contributed by atoms with Crippen molar-refractivity contribution >= 4 is 16.7 Å². The summed E-state index contributed by atoms with van der Waals surface area (Å²) in [7, 11) is 0. The van der Waals surface area contributed by atoms with Gasteiger partial charge in [0.15, 0.2) is 0 Å². The van der Waals surface area contributed by atoms with E-state index in [-0.39, 0.29) is 11.7 Å². The molecular formula is C17H17FN2O. The van der Waals surface area contributed by atoms with Gasteiger partial charge in [-0.1, -0.05) is 24.3 Å². The van der Waals surface area contributed by atoms with Gasteiger partial charge in [0, 0.05) is 37.1 Å². The zero-order valence-electron chi connectivity index (χ0n) is 11.7. The largest absolute Gasteiger partial charge is 0.338 e. The number of carbonyl (C=O) groups excluding carboxylic acids is 1. The summed E-state index contributed by atoms with van der Waals surface area (Å²) in [6.07, 6.45) is 0. The molecule has 4 rings (SSSR count). The molecule has 108 valence electrons. The van der Waals surface area contributed by atoms with Gasteiger partial charge in [0.1, 0.15) is 5.82 Å². The smallest absolute Gasteiger partial charge is 0.254 e. The summed E-state index contributed by atoms with van der Waals surface area (Å²) in [4.78, 5) is 14.7. The van der Waals surface area contributed by atoms with E-state index in [1.165, 1.54) is 6.07 Å². The average Bonchev–Trinajstić information content (AvgIpc) is 3.08. The van der Waals surface area contributed by atoms with Gasteiger partial charge in [-0.3, -0.25) is 4.79 Å². The molecule has 2 aromatic rings. The van der Waals surface area contributed by atoms with Gasteiger partial charge in [-0.15, -0.1) is 0 Å². The van der Waals surface area contributed by atoms with E-state index in [4.69, 9.17) is 0 Å². The van der Waals surface area contributed by atoms with Crippen molar-refractivity contribution in [1.82, 2.24) is 10.2 Å². The first-order valence-electron chi connectivity index (χ1n) is 7.41. The summed E-state index contributed by atoms with van der Waals surface area (Å²) in [5.41, 5.74) is 0.611. The summed E-state index contributed by atoms with van der Waals surface area (Å²) in [5, 5.41) is 4.60.